The van der Waals surface area contributed by atoms with Crippen LogP contribution in [0.25, 0.3) is 0 Å². The predicted molar refractivity (Wildman–Crippen MR) is 112 cm³/mol. The number of rotatable bonds is 6. The molecule has 0 aliphatic carbocycles. The Morgan fingerprint density at radius 1 is 1.11 bits per heavy atom. The minimum atomic E-state index is -3.61. The molecule has 0 radical (unpaired) electrons. The number of nitrogens with two attached hydrogens (primary N) is 1. The lowest BCUT2D eigenvalue weighted by Gasteiger charge is -2.17. The number of carbonyl (C=O) groups is 1. The number of sulfonamides is 1. The van der Waals surface area contributed by atoms with E-state index in [-0.39, 0.29) is 23.2 Å². The highest BCUT2D eigenvalue weighted by Crippen LogP contribution is 2.27. The lowest BCUT2D eigenvalue weighted by Crippen LogP contribution is -2.23. The molecule has 9 heteroatoms. The van der Waals surface area contributed by atoms with E-state index in [1.54, 1.807) is 24.3 Å². The van der Waals surface area contributed by atoms with Gasteiger partial charge in [0.2, 0.25) is 10.0 Å². The van der Waals surface area contributed by atoms with Gasteiger partial charge in [-0.05, 0) is 49.7 Å². The number of halogens is 1. The van der Waals surface area contributed by atoms with Crippen molar-refractivity contribution in [2.45, 2.75) is 18.7 Å². The van der Waals surface area contributed by atoms with E-state index in [2.05, 4.69) is 10.6 Å². The van der Waals surface area contributed by atoms with Crippen molar-refractivity contribution >= 4 is 45.4 Å². The minimum absolute atomic E-state index is 0. The summed E-state index contributed by atoms with van der Waals surface area (Å²) in [4.78, 5) is 12.8. The van der Waals surface area contributed by atoms with Gasteiger partial charge >= 0.3 is 0 Å². The Kier molecular flexibility index (Phi) is 7.65. The molecule has 1 amide bonds. The fourth-order valence-electron chi connectivity index (χ4n) is 2.42. The molecule has 7 nitrogen and oxygen atoms in total. The molecule has 148 valence electrons. The molecule has 0 saturated carbocycles. The highest BCUT2D eigenvalue weighted by atomic mass is 35.5. The third-order valence-electron chi connectivity index (χ3n) is 3.89. The zero-order chi connectivity index (χ0) is 19.5. The van der Waals surface area contributed by atoms with Crippen LogP contribution in [-0.2, 0) is 10.0 Å². The van der Waals surface area contributed by atoms with Crippen LogP contribution in [0, 0.1) is 6.92 Å². The lowest BCUT2D eigenvalue weighted by molar-refractivity contribution is 0.102. The third-order valence-corrected chi connectivity index (χ3v) is 5.70. The highest BCUT2D eigenvalue weighted by molar-refractivity contribution is 7.89. The molecule has 0 fully saturated rings. The SMILES string of the molecule is CCNc1ccc(S(=O)(=O)N(C)C)cc1NC(=O)c1cc(N)ccc1C.Cl. The van der Waals surface area contributed by atoms with E-state index < -0.39 is 10.0 Å². The summed E-state index contributed by atoms with van der Waals surface area (Å²) in [7, 11) is -0.692. The maximum Gasteiger partial charge on any atom is 0.256 e. The number of nitrogens with zero attached hydrogens (tertiary/aromatic N) is 1. The summed E-state index contributed by atoms with van der Waals surface area (Å²) < 4.78 is 25.9. The zero-order valence-electron chi connectivity index (χ0n) is 15.7. The van der Waals surface area contributed by atoms with Crippen LogP contribution in [0.1, 0.15) is 22.8 Å². The Balaban J connectivity index is 0.00000364. The van der Waals surface area contributed by atoms with Crippen LogP contribution < -0.4 is 16.4 Å². The number of aryl methyl sites for hydroxylation is 1. The normalized spacial score (nSPS) is 11.0. The molecule has 27 heavy (non-hydrogen) atoms. The van der Waals surface area contributed by atoms with E-state index in [1.165, 1.54) is 26.2 Å². The second-order valence-electron chi connectivity index (χ2n) is 6.05. The number of nitrogen functional groups attached to an aromatic ring is 1. The van der Waals surface area contributed by atoms with Crippen molar-refractivity contribution in [2.75, 3.05) is 37.0 Å². The van der Waals surface area contributed by atoms with Crippen LogP contribution in [0.15, 0.2) is 41.3 Å². The number of benzene rings is 2. The first kappa shape index (κ1) is 22.8. The van der Waals surface area contributed by atoms with E-state index in [0.29, 0.717) is 29.2 Å². The van der Waals surface area contributed by atoms with Gasteiger partial charge in [-0.1, -0.05) is 6.07 Å². The molecule has 0 aliphatic rings. The van der Waals surface area contributed by atoms with Gasteiger partial charge in [0.1, 0.15) is 0 Å². The Labute approximate surface area is 166 Å². The van der Waals surface area contributed by atoms with Crippen molar-refractivity contribution in [1.82, 2.24) is 4.31 Å². The van der Waals surface area contributed by atoms with Gasteiger partial charge in [-0.2, -0.15) is 0 Å². The number of nitrogens with one attached hydrogen (secondary N) is 2. The molecule has 2 aromatic rings. The Morgan fingerprint density at radius 2 is 1.78 bits per heavy atom. The summed E-state index contributed by atoms with van der Waals surface area (Å²) in [6, 6.07) is 9.68. The number of anilines is 3. The lowest BCUT2D eigenvalue weighted by atomic mass is 10.1. The van der Waals surface area contributed by atoms with Crippen molar-refractivity contribution in [3.8, 4) is 0 Å². The van der Waals surface area contributed by atoms with Crippen molar-refractivity contribution in [1.29, 1.82) is 0 Å². The molecule has 0 spiro atoms. The quantitative estimate of drug-likeness (QED) is 0.632. The van der Waals surface area contributed by atoms with Gasteiger partial charge in [0, 0.05) is 31.9 Å². The van der Waals surface area contributed by atoms with E-state index in [1.807, 2.05) is 13.8 Å². The van der Waals surface area contributed by atoms with E-state index in [9.17, 15) is 13.2 Å². The Morgan fingerprint density at radius 3 is 2.37 bits per heavy atom. The first-order chi connectivity index (χ1) is 12.2. The summed E-state index contributed by atoms with van der Waals surface area (Å²) in [5, 5.41) is 5.91. The van der Waals surface area contributed by atoms with Gasteiger partial charge in [-0.3, -0.25) is 4.79 Å². The summed E-state index contributed by atoms with van der Waals surface area (Å²) in [6.45, 7) is 4.35. The van der Waals surface area contributed by atoms with Crippen LogP contribution in [-0.4, -0.2) is 39.3 Å². The molecule has 0 unspecified atom stereocenters. The molecular weight excluding hydrogens is 388 g/mol. The molecular formula is C18H25ClN4O3S. The monoisotopic (exact) mass is 412 g/mol. The summed E-state index contributed by atoms with van der Waals surface area (Å²) in [5.41, 5.74) is 8.50. The van der Waals surface area contributed by atoms with E-state index in [0.717, 1.165) is 9.87 Å². The molecule has 0 saturated heterocycles. The number of hydrogen-bond donors (Lipinski definition) is 3. The standard InChI is InChI=1S/C18H24N4O3S.ClH/c1-5-20-16-9-8-14(26(24,25)22(3)4)11-17(16)21-18(23)15-10-13(19)7-6-12(15)2;/h6-11,20H,5,19H2,1-4H3,(H,21,23);1H. The molecule has 2 rings (SSSR count). The molecule has 0 atom stereocenters. The van der Waals surface area contributed by atoms with Crippen LogP contribution >= 0.6 is 12.4 Å². The van der Waals surface area contributed by atoms with Crippen LogP contribution in [0.5, 0.6) is 0 Å². The van der Waals surface area contributed by atoms with E-state index >= 15 is 0 Å². The first-order valence-corrected chi connectivity index (χ1v) is 9.58. The number of hydrogen-bond acceptors (Lipinski definition) is 5. The molecule has 4 N–H and O–H groups in total. The fourth-order valence-corrected chi connectivity index (χ4v) is 3.34. The van der Waals surface area contributed by atoms with Gasteiger partial charge in [0.25, 0.3) is 5.91 Å². The van der Waals surface area contributed by atoms with Crippen LogP contribution in [0.2, 0.25) is 0 Å². The first-order valence-electron chi connectivity index (χ1n) is 8.14. The molecule has 0 bridgehead atoms. The third kappa shape index (κ3) is 5.12. The minimum Gasteiger partial charge on any atom is -0.399 e. The summed E-state index contributed by atoms with van der Waals surface area (Å²) in [6.07, 6.45) is 0. The van der Waals surface area contributed by atoms with Crippen LogP contribution in [0.3, 0.4) is 0 Å². The highest BCUT2D eigenvalue weighted by Gasteiger charge is 2.20. The number of amides is 1. The van der Waals surface area contributed by atoms with Crippen LogP contribution in [0.4, 0.5) is 17.1 Å². The topological polar surface area (TPSA) is 105 Å². The van der Waals surface area contributed by atoms with E-state index in [4.69, 9.17) is 5.73 Å². The smallest absolute Gasteiger partial charge is 0.256 e. The summed E-state index contributed by atoms with van der Waals surface area (Å²) >= 11 is 0. The molecule has 0 aliphatic heterocycles. The maximum absolute atomic E-state index is 12.7. The van der Waals surface area contributed by atoms with Gasteiger partial charge in [-0.15, -0.1) is 12.4 Å². The van der Waals surface area contributed by atoms with Gasteiger partial charge < -0.3 is 16.4 Å². The van der Waals surface area contributed by atoms with Gasteiger partial charge in [-0.25, -0.2) is 12.7 Å². The average Bonchev–Trinajstić information content (AvgIpc) is 2.58. The largest absolute Gasteiger partial charge is 0.399 e. The number of carbonyl (C=O) groups excluding carboxylic acids is 1. The Hall–Kier alpha value is -2.29. The molecule has 2 aromatic carbocycles. The second kappa shape index (κ2) is 9.07. The van der Waals surface area contributed by atoms with Gasteiger partial charge in [0.05, 0.1) is 16.3 Å². The van der Waals surface area contributed by atoms with Crippen molar-refractivity contribution in [2.24, 2.45) is 0 Å². The van der Waals surface area contributed by atoms with Crippen molar-refractivity contribution in [3.05, 3.63) is 47.5 Å². The zero-order valence-corrected chi connectivity index (χ0v) is 17.4. The molecule has 0 aromatic heterocycles. The van der Waals surface area contributed by atoms with Crippen molar-refractivity contribution < 1.29 is 13.2 Å². The summed E-state index contributed by atoms with van der Waals surface area (Å²) in [5.74, 6) is -0.353. The maximum atomic E-state index is 12.7. The second-order valence-corrected chi connectivity index (χ2v) is 8.21. The average molecular weight is 413 g/mol. The fraction of sp³-hybridized carbons (Fsp3) is 0.278. The van der Waals surface area contributed by atoms with Gasteiger partial charge in [0.15, 0.2) is 0 Å². The predicted octanol–water partition coefficient (Wildman–Crippen LogP) is 2.93. The molecule has 0 heterocycles. The van der Waals surface area contributed by atoms with Crippen molar-refractivity contribution in [3.63, 3.8) is 0 Å². The Bertz CT molecular complexity index is 930.